The predicted octanol–water partition coefficient (Wildman–Crippen LogP) is 3.52. The van der Waals surface area contributed by atoms with Crippen LogP contribution in [0.2, 0.25) is 0 Å². The molecule has 5 nitrogen and oxygen atoms in total. The summed E-state index contributed by atoms with van der Waals surface area (Å²) in [5.74, 6) is -0.181. The van der Waals surface area contributed by atoms with Gasteiger partial charge in [0.1, 0.15) is 0 Å². The molecule has 0 fully saturated rings. The number of hydrogen-bond acceptors (Lipinski definition) is 4. The zero-order chi connectivity index (χ0) is 19.1. The molecule has 0 radical (unpaired) electrons. The molecule has 2 aromatic rings. The van der Waals surface area contributed by atoms with Crippen molar-refractivity contribution in [3.05, 3.63) is 54.6 Å². The molecule has 1 aliphatic rings. The Kier molecular flexibility index (Phi) is 6.76. The van der Waals surface area contributed by atoms with Crippen LogP contribution in [0.25, 0.3) is 0 Å². The van der Waals surface area contributed by atoms with E-state index in [1.807, 2.05) is 42.5 Å². The minimum Gasteiger partial charge on any atom is -0.372 e. The Hall–Kier alpha value is -2.47. The second kappa shape index (κ2) is 9.46. The van der Waals surface area contributed by atoms with E-state index in [0.717, 1.165) is 30.1 Å². The first kappa shape index (κ1) is 19.3. The molecule has 1 atom stereocenters. The van der Waals surface area contributed by atoms with Gasteiger partial charge in [0.15, 0.2) is 0 Å². The van der Waals surface area contributed by atoms with Gasteiger partial charge in [0.05, 0.1) is 10.9 Å². The van der Waals surface area contributed by atoms with Crippen LogP contribution in [0.4, 0.5) is 11.4 Å². The number of rotatable bonds is 8. The Balaban J connectivity index is 1.42. The van der Waals surface area contributed by atoms with Crippen LogP contribution in [-0.2, 0) is 9.59 Å². The minimum atomic E-state index is -0.378. The molecule has 3 rings (SSSR count). The molecule has 0 aliphatic carbocycles. The second-order valence-corrected chi connectivity index (χ2v) is 7.66. The zero-order valence-electron chi connectivity index (χ0n) is 15.5. The van der Waals surface area contributed by atoms with Crippen molar-refractivity contribution >= 4 is 35.0 Å². The summed E-state index contributed by atoms with van der Waals surface area (Å²) in [4.78, 5) is 27.7. The number of hydrogen-bond donors (Lipinski definition) is 2. The van der Waals surface area contributed by atoms with Crippen LogP contribution in [0, 0.1) is 0 Å². The Labute approximate surface area is 164 Å². The summed E-state index contributed by atoms with van der Waals surface area (Å²) in [5.41, 5.74) is 2.02. The summed E-state index contributed by atoms with van der Waals surface area (Å²) < 4.78 is 0. The lowest BCUT2D eigenvalue weighted by molar-refractivity contribution is -0.124. The van der Waals surface area contributed by atoms with Gasteiger partial charge in [-0.05, 0) is 37.6 Å². The number of carbonyl (C=O) groups is 2. The number of nitrogens with one attached hydrogen (secondary N) is 2. The molecule has 1 unspecified atom stereocenters. The lowest BCUT2D eigenvalue weighted by Gasteiger charge is -2.24. The maximum atomic E-state index is 12.2. The van der Waals surface area contributed by atoms with Crippen LogP contribution in [0.15, 0.2) is 59.5 Å². The van der Waals surface area contributed by atoms with E-state index < -0.39 is 0 Å². The number of anilines is 2. The predicted molar refractivity (Wildman–Crippen MR) is 111 cm³/mol. The smallest absolute Gasteiger partial charge is 0.238 e. The standard InChI is InChI=1S/C21H25N3O2S/c1-2-24(16-9-4-3-5-10-16)14-8-13-22-20(25)15-19-21(26)23-17-11-6-7-12-18(17)27-19/h3-7,9-12,19H,2,8,13-15H2,1H3,(H,22,25)(H,23,26). The Bertz CT molecular complexity index is 782. The van der Waals surface area contributed by atoms with Gasteiger partial charge < -0.3 is 15.5 Å². The molecule has 0 aromatic heterocycles. The monoisotopic (exact) mass is 383 g/mol. The number of fused-ring (bicyclic) bond motifs is 1. The first-order valence-corrected chi connectivity index (χ1v) is 10.2. The highest BCUT2D eigenvalue weighted by molar-refractivity contribution is 8.01. The van der Waals surface area contributed by atoms with Gasteiger partial charge in [0.2, 0.25) is 11.8 Å². The average molecular weight is 384 g/mol. The van der Waals surface area contributed by atoms with Gasteiger partial charge in [-0.1, -0.05) is 30.3 Å². The van der Waals surface area contributed by atoms with E-state index in [1.165, 1.54) is 17.4 Å². The van der Waals surface area contributed by atoms with Gasteiger partial charge >= 0.3 is 0 Å². The number of para-hydroxylation sites is 2. The maximum absolute atomic E-state index is 12.2. The van der Waals surface area contributed by atoms with Gasteiger partial charge in [-0.2, -0.15) is 0 Å². The number of nitrogens with zero attached hydrogens (tertiary/aromatic N) is 1. The number of benzene rings is 2. The van der Waals surface area contributed by atoms with Crippen molar-refractivity contribution in [1.82, 2.24) is 5.32 Å². The first-order chi connectivity index (χ1) is 13.2. The highest BCUT2D eigenvalue weighted by atomic mass is 32.2. The van der Waals surface area contributed by atoms with E-state index in [1.54, 1.807) is 0 Å². The van der Waals surface area contributed by atoms with Crippen LogP contribution < -0.4 is 15.5 Å². The third-order valence-electron chi connectivity index (χ3n) is 4.51. The molecule has 142 valence electrons. The molecule has 1 aliphatic heterocycles. The Morgan fingerprint density at radius 2 is 1.89 bits per heavy atom. The van der Waals surface area contributed by atoms with Crippen LogP contribution in [-0.4, -0.2) is 36.7 Å². The third-order valence-corrected chi connectivity index (χ3v) is 5.78. The lowest BCUT2D eigenvalue weighted by atomic mass is 10.2. The van der Waals surface area contributed by atoms with E-state index in [0.29, 0.717) is 6.54 Å². The quantitative estimate of drug-likeness (QED) is 0.685. The third kappa shape index (κ3) is 5.26. The van der Waals surface area contributed by atoms with Gasteiger partial charge in [0, 0.05) is 36.6 Å². The summed E-state index contributed by atoms with van der Waals surface area (Å²) >= 11 is 1.46. The molecule has 0 saturated heterocycles. The summed E-state index contributed by atoms with van der Waals surface area (Å²) in [6.45, 7) is 4.54. The molecule has 0 spiro atoms. The SMILES string of the molecule is CCN(CCCNC(=O)CC1Sc2ccccc2NC1=O)c1ccccc1. The summed E-state index contributed by atoms with van der Waals surface area (Å²) in [6.07, 6.45) is 1.06. The molecule has 0 bridgehead atoms. The first-order valence-electron chi connectivity index (χ1n) is 9.30. The van der Waals surface area contributed by atoms with E-state index in [2.05, 4.69) is 34.6 Å². The van der Waals surface area contributed by atoms with Crippen molar-refractivity contribution in [3.8, 4) is 0 Å². The van der Waals surface area contributed by atoms with Crippen molar-refractivity contribution in [2.45, 2.75) is 29.9 Å². The van der Waals surface area contributed by atoms with Crippen molar-refractivity contribution in [2.24, 2.45) is 0 Å². The zero-order valence-corrected chi connectivity index (χ0v) is 16.3. The van der Waals surface area contributed by atoms with Crippen molar-refractivity contribution in [1.29, 1.82) is 0 Å². The van der Waals surface area contributed by atoms with Gasteiger partial charge in [-0.15, -0.1) is 11.8 Å². The average Bonchev–Trinajstić information content (AvgIpc) is 2.69. The number of thioether (sulfide) groups is 1. The number of carbonyl (C=O) groups excluding carboxylic acids is 2. The molecular formula is C21H25N3O2S. The summed E-state index contributed by atoms with van der Waals surface area (Å²) in [5, 5.41) is 5.44. The molecule has 2 aromatic carbocycles. The summed E-state index contributed by atoms with van der Waals surface area (Å²) in [7, 11) is 0. The fourth-order valence-corrected chi connectivity index (χ4v) is 4.18. The molecular weight excluding hydrogens is 358 g/mol. The normalized spacial score (nSPS) is 15.6. The van der Waals surface area contributed by atoms with Crippen molar-refractivity contribution in [2.75, 3.05) is 29.9 Å². The highest BCUT2D eigenvalue weighted by Crippen LogP contribution is 2.36. The fourth-order valence-electron chi connectivity index (χ4n) is 3.07. The fraction of sp³-hybridized carbons (Fsp3) is 0.333. The van der Waals surface area contributed by atoms with Gasteiger partial charge in [0.25, 0.3) is 0 Å². The van der Waals surface area contributed by atoms with Crippen LogP contribution >= 0.6 is 11.8 Å². The van der Waals surface area contributed by atoms with Gasteiger partial charge in [-0.3, -0.25) is 9.59 Å². The maximum Gasteiger partial charge on any atom is 0.238 e. The van der Waals surface area contributed by atoms with E-state index in [9.17, 15) is 9.59 Å². The second-order valence-electron chi connectivity index (χ2n) is 6.41. The van der Waals surface area contributed by atoms with E-state index >= 15 is 0 Å². The highest BCUT2D eigenvalue weighted by Gasteiger charge is 2.28. The Morgan fingerprint density at radius 3 is 2.67 bits per heavy atom. The van der Waals surface area contributed by atoms with Crippen molar-refractivity contribution < 1.29 is 9.59 Å². The van der Waals surface area contributed by atoms with Crippen molar-refractivity contribution in [3.63, 3.8) is 0 Å². The molecule has 6 heteroatoms. The topological polar surface area (TPSA) is 61.4 Å². The lowest BCUT2D eigenvalue weighted by Crippen LogP contribution is -2.36. The number of amides is 2. The van der Waals surface area contributed by atoms with E-state index in [-0.39, 0.29) is 23.5 Å². The van der Waals surface area contributed by atoms with E-state index in [4.69, 9.17) is 0 Å². The molecule has 0 saturated carbocycles. The van der Waals surface area contributed by atoms with Crippen LogP contribution in [0.5, 0.6) is 0 Å². The van der Waals surface area contributed by atoms with Crippen LogP contribution in [0.3, 0.4) is 0 Å². The van der Waals surface area contributed by atoms with Crippen LogP contribution in [0.1, 0.15) is 19.8 Å². The minimum absolute atomic E-state index is 0.0789. The molecule has 1 heterocycles. The molecule has 2 amide bonds. The van der Waals surface area contributed by atoms with Gasteiger partial charge in [-0.25, -0.2) is 0 Å². The summed E-state index contributed by atoms with van der Waals surface area (Å²) in [6, 6.07) is 17.9. The largest absolute Gasteiger partial charge is 0.372 e. The Morgan fingerprint density at radius 1 is 1.15 bits per heavy atom. The molecule has 27 heavy (non-hydrogen) atoms. The molecule has 2 N–H and O–H groups in total.